The van der Waals surface area contributed by atoms with Crippen molar-refractivity contribution in [2.75, 3.05) is 13.2 Å². The lowest BCUT2D eigenvalue weighted by molar-refractivity contribution is -0.141. The summed E-state index contributed by atoms with van der Waals surface area (Å²) in [6, 6.07) is 15.9. The summed E-state index contributed by atoms with van der Waals surface area (Å²) in [6.07, 6.45) is 2.17. The first kappa shape index (κ1) is 25.3. The molecule has 7 nitrogen and oxygen atoms in total. The maximum Gasteiger partial charge on any atom is 0.407 e. The third-order valence-corrected chi connectivity index (χ3v) is 6.27. The van der Waals surface area contributed by atoms with Crippen molar-refractivity contribution < 1.29 is 24.2 Å². The summed E-state index contributed by atoms with van der Waals surface area (Å²) in [5.41, 5.74) is 4.60. The molecule has 3 N–H and O–H groups in total. The average molecular weight is 467 g/mol. The average Bonchev–Trinajstić information content (AvgIpc) is 3.14. The van der Waals surface area contributed by atoms with Gasteiger partial charge >= 0.3 is 12.1 Å². The van der Waals surface area contributed by atoms with Crippen LogP contribution >= 0.6 is 0 Å². The van der Waals surface area contributed by atoms with Gasteiger partial charge in [0.2, 0.25) is 5.91 Å². The quantitative estimate of drug-likeness (QED) is 0.421. The van der Waals surface area contributed by atoms with Crippen molar-refractivity contribution >= 4 is 18.0 Å². The summed E-state index contributed by atoms with van der Waals surface area (Å²) in [5.74, 6) is -1.82. The van der Waals surface area contributed by atoms with Gasteiger partial charge in [0.1, 0.15) is 6.61 Å². The molecule has 1 unspecified atom stereocenters. The van der Waals surface area contributed by atoms with Gasteiger partial charge in [-0.2, -0.15) is 0 Å². The van der Waals surface area contributed by atoms with E-state index in [4.69, 9.17) is 4.74 Å². The number of carbonyl (C=O) groups is 3. The number of alkyl carbamates (subject to hydrolysis) is 1. The Morgan fingerprint density at radius 3 is 2.09 bits per heavy atom. The van der Waals surface area contributed by atoms with Gasteiger partial charge in [-0.05, 0) is 35.1 Å². The van der Waals surface area contributed by atoms with Crippen molar-refractivity contribution in [2.24, 2.45) is 5.92 Å². The zero-order valence-corrected chi connectivity index (χ0v) is 19.9. The molecule has 1 aliphatic carbocycles. The van der Waals surface area contributed by atoms with E-state index in [2.05, 4.69) is 34.9 Å². The number of ether oxygens (including phenoxy) is 1. The summed E-state index contributed by atoms with van der Waals surface area (Å²) in [4.78, 5) is 36.3. The first-order valence-electron chi connectivity index (χ1n) is 12.1. The van der Waals surface area contributed by atoms with E-state index in [1.165, 1.54) is 0 Å². The third kappa shape index (κ3) is 6.37. The molecule has 0 saturated carbocycles. The van der Waals surface area contributed by atoms with Crippen LogP contribution in [0.25, 0.3) is 11.1 Å². The van der Waals surface area contributed by atoms with Crippen LogP contribution in [0.2, 0.25) is 0 Å². The molecule has 0 heterocycles. The predicted molar refractivity (Wildman–Crippen MR) is 131 cm³/mol. The number of carboxylic acid groups (broad SMARTS) is 1. The van der Waals surface area contributed by atoms with Crippen LogP contribution < -0.4 is 10.6 Å². The highest BCUT2D eigenvalue weighted by atomic mass is 16.5. The molecule has 0 aromatic heterocycles. The lowest BCUT2D eigenvalue weighted by Gasteiger charge is -2.20. The second kappa shape index (κ2) is 12.2. The SMILES string of the molecule is CCCC(CNC(=O)C[C@@H](CCC)NC(=O)OCC1c2ccccc2-c2ccccc21)C(=O)O. The first-order chi connectivity index (χ1) is 16.4. The minimum absolute atomic E-state index is 0.0300. The first-order valence-corrected chi connectivity index (χ1v) is 12.1. The van der Waals surface area contributed by atoms with Crippen molar-refractivity contribution in [1.82, 2.24) is 10.6 Å². The zero-order valence-electron chi connectivity index (χ0n) is 19.9. The molecule has 0 bridgehead atoms. The molecule has 2 atom stereocenters. The summed E-state index contributed by atoms with van der Waals surface area (Å²) < 4.78 is 5.60. The molecule has 0 radical (unpaired) electrons. The van der Waals surface area contributed by atoms with E-state index in [0.29, 0.717) is 12.8 Å². The fraction of sp³-hybridized carbons (Fsp3) is 0.444. The Morgan fingerprint density at radius 1 is 0.941 bits per heavy atom. The Hall–Kier alpha value is -3.35. The molecule has 0 fully saturated rings. The summed E-state index contributed by atoms with van der Waals surface area (Å²) in [6.45, 7) is 4.19. The number of amides is 2. The fourth-order valence-electron chi connectivity index (χ4n) is 4.57. The van der Waals surface area contributed by atoms with Crippen LogP contribution in [0.15, 0.2) is 48.5 Å². The number of rotatable bonds is 12. The fourth-order valence-corrected chi connectivity index (χ4v) is 4.57. The lowest BCUT2D eigenvalue weighted by atomic mass is 9.98. The molecule has 182 valence electrons. The van der Waals surface area contributed by atoms with E-state index in [1.54, 1.807) is 0 Å². The van der Waals surface area contributed by atoms with Gasteiger partial charge in [0, 0.05) is 24.9 Å². The molecule has 1 aliphatic rings. The van der Waals surface area contributed by atoms with E-state index in [0.717, 1.165) is 35.1 Å². The van der Waals surface area contributed by atoms with Crippen molar-refractivity contribution in [3.8, 4) is 11.1 Å². The highest BCUT2D eigenvalue weighted by Crippen LogP contribution is 2.44. The maximum absolute atomic E-state index is 12.6. The molecule has 0 spiro atoms. The molecule has 0 aliphatic heterocycles. The lowest BCUT2D eigenvalue weighted by Crippen LogP contribution is -2.41. The van der Waals surface area contributed by atoms with Crippen LogP contribution in [0.4, 0.5) is 4.79 Å². The number of carboxylic acids is 1. The predicted octanol–water partition coefficient (Wildman–Crippen LogP) is 4.70. The minimum atomic E-state index is -0.913. The van der Waals surface area contributed by atoms with E-state index in [1.807, 2.05) is 38.1 Å². The smallest absolute Gasteiger partial charge is 0.407 e. The Labute approximate surface area is 200 Å². The van der Waals surface area contributed by atoms with Gasteiger partial charge < -0.3 is 20.5 Å². The monoisotopic (exact) mass is 466 g/mol. The standard InChI is InChI=1S/C27H34N2O5/c1-3-9-18(26(31)32)16-28-25(30)15-19(10-4-2)29-27(33)34-17-24-22-13-7-5-11-20(22)21-12-6-8-14-23(21)24/h5-8,11-14,18-19,24H,3-4,9-10,15-17H2,1-2H3,(H,28,30)(H,29,33)(H,31,32)/t18?,19-/m1/s1. The molecular weight excluding hydrogens is 432 g/mol. The highest BCUT2D eigenvalue weighted by molar-refractivity contribution is 5.80. The number of fused-ring (bicyclic) bond motifs is 3. The molecule has 7 heteroatoms. The Kier molecular flexibility index (Phi) is 9.08. The minimum Gasteiger partial charge on any atom is -0.481 e. The van der Waals surface area contributed by atoms with Crippen LogP contribution in [0, 0.1) is 5.92 Å². The van der Waals surface area contributed by atoms with Crippen molar-refractivity contribution in [2.45, 2.75) is 57.9 Å². The van der Waals surface area contributed by atoms with Crippen molar-refractivity contribution in [1.29, 1.82) is 0 Å². The van der Waals surface area contributed by atoms with Gasteiger partial charge in [-0.25, -0.2) is 4.79 Å². The number of aliphatic carboxylic acids is 1. The number of hydrogen-bond donors (Lipinski definition) is 3. The number of hydrogen-bond acceptors (Lipinski definition) is 4. The normalized spacial score (nSPS) is 13.9. The molecule has 34 heavy (non-hydrogen) atoms. The highest BCUT2D eigenvalue weighted by Gasteiger charge is 2.29. The zero-order chi connectivity index (χ0) is 24.5. The van der Waals surface area contributed by atoms with Crippen molar-refractivity contribution in [3.05, 3.63) is 59.7 Å². The van der Waals surface area contributed by atoms with E-state index < -0.39 is 18.0 Å². The molecule has 2 aromatic rings. The summed E-state index contributed by atoms with van der Waals surface area (Å²) in [5, 5.41) is 14.8. The Bertz CT molecular complexity index is 961. The van der Waals surface area contributed by atoms with Gasteiger partial charge in [0.25, 0.3) is 0 Å². The Balaban J connectivity index is 1.54. The van der Waals surface area contributed by atoms with Gasteiger partial charge in [0.05, 0.1) is 5.92 Å². The van der Waals surface area contributed by atoms with Gasteiger partial charge in [0.15, 0.2) is 0 Å². The number of nitrogens with one attached hydrogen (secondary N) is 2. The molecule has 2 amide bonds. The van der Waals surface area contributed by atoms with E-state index in [9.17, 15) is 19.5 Å². The summed E-state index contributed by atoms with van der Waals surface area (Å²) in [7, 11) is 0. The Morgan fingerprint density at radius 2 is 1.53 bits per heavy atom. The molecule has 3 rings (SSSR count). The molecule has 0 saturated heterocycles. The second-order valence-electron chi connectivity index (χ2n) is 8.79. The van der Waals surface area contributed by atoms with E-state index >= 15 is 0 Å². The van der Waals surface area contributed by atoms with Crippen LogP contribution in [-0.4, -0.2) is 42.3 Å². The second-order valence-corrected chi connectivity index (χ2v) is 8.79. The largest absolute Gasteiger partial charge is 0.481 e. The van der Waals surface area contributed by atoms with Crippen LogP contribution in [0.5, 0.6) is 0 Å². The number of benzene rings is 2. The van der Waals surface area contributed by atoms with Crippen LogP contribution in [-0.2, 0) is 14.3 Å². The number of carbonyl (C=O) groups excluding carboxylic acids is 2. The summed E-state index contributed by atoms with van der Waals surface area (Å²) >= 11 is 0. The van der Waals surface area contributed by atoms with Gasteiger partial charge in [-0.3, -0.25) is 9.59 Å². The van der Waals surface area contributed by atoms with Crippen LogP contribution in [0.3, 0.4) is 0 Å². The van der Waals surface area contributed by atoms with Gasteiger partial charge in [-0.1, -0.05) is 75.2 Å². The molecule has 2 aromatic carbocycles. The third-order valence-electron chi connectivity index (χ3n) is 6.27. The van der Waals surface area contributed by atoms with Crippen LogP contribution in [0.1, 0.15) is 63.0 Å². The van der Waals surface area contributed by atoms with Gasteiger partial charge in [-0.15, -0.1) is 0 Å². The molecular formula is C27H34N2O5. The van der Waals surface area contributed by atoms with E-state index in [-0.39, 0.29) is 37.4 Å². The van der Waals surface area contributed by atoms with Crippen molar-refractivity contribution in [3.63, 3.8) is 0 Å². The maximum atomic E-state index is 12.6. The topological polar surface area (TPSA) is 105 Å².